The number of hydrogen-bond donors (Lipinski definition) is 6. The molecule has 18 nitrogen and oxygen atoms in total. The lowest BCUT2D eigenvalue weighted by atomic mass is 9.98. The van der Waals surface area contributed by atoms with E-state index in [-0.39, 0.29) is 47.1 Å². The summed E-state index contributed by atoms with van der Waals surface area (Å²) in [4.78, 5) is 33.8. The fourth-order valence-corrected chi connectivity index (χ4v) is 6.87. The normalized spacial score (nSPS) is 13.1. The molecule has 52 heavy (non-hydrogen) atoms. The maximum absolute atomic E-state index is 12.3. The first-order valence-corrected chi connectivity index (χ1v) is 17.8. The molecule has 0 aliphatic rings. The average Bonchev–Trinajstić information content (AvgIpc) is 3.08. The van der Waals surface area contributed by atoms with Gasteiger partial charge in [0.25, 0.3) is 20.2 Å². The summed E-state index contributed by atoms with van der Waals surface area (Å²) in [6.07, 6.45) is 2.71. The van der Waals surface area contributed by atoms with Crippen LogP contribution in [0.1, 0.15) is 34.6 Å². The molecule has 0 amide bonds. The number of phenols is 2. The van der Waals surface area contributed by atoms with Crippen molar-refractivity contribution < 1.29 is 65.4 Å². The van der Waals surface area contributed by atoms with E-state index < -0.39 is 78.6 Å². The number of carbonyl (C=O) groups is 2. The molecule has 20 heteroatoms. The predicted molar refractivity (Wildman–Crippen MR) is 180 cm³/mol. The van der Waals surface area contributed by atoms with E-state index in [0.717, 1.165) is 12.1 Å². The number of nitrogens with zero attached hydrogens (tertiary/aromatic N) is 4. The van der Waals surface area contributed by atoms with Crippen molar-refractivity contribution in [1.82, 2.24) is 19.8 Å². The van der Waals surface area contributed by atoms with Crippen LogP contribution in [0.4, 0.5) is 0 Å². The fraction of sp³-hybridized carbons (Fsp3) is 0.250. The number of benzene rings is 2. The first-order chi connectivity index (χ1) is 24.5. The van der Waals surface area contributed by atoms with Crippen LogP contribution in [0, 0.1) is 0 Å². The van der Waals surface area contributed by atoms with Gasteiger partial charge in [0.1, 0.15) is 32.8 Å². The summed E-state index contributed by atoms with van der Waals surface area (Å²) >= 11 is 0. The molecule has 2 aromatic carbocycles. The minimum atomic E-state index is -5.05. The lowest BCUT2D eigenvalue weighted by Crippen LogP contribution is -2.43. The van der Waals surface area contributed by atoms with Crippen LogP contribution in [0.3, 0.4) is 0 Å². The second-order valence-corrected chi connectivity index (χ2v) is 13.9. The standard InChI is InChI=1S/C32H34N4O14S2/c1-49-19-13-21(31(41)25(15-19)51(43,44)45)29(23-7-3-5-9-33-23)35(17-27(37)38)11-12-36(18-28(39)40)30(24-8-4-6-10-34-24)22-14-20(50-2)16-26(32(22)42)52(46,47)48/h3-10,13-16,29-30,41-42H,11-12,17-18H2,1-2H3,(H,37,38)(H,39,40)(H,43,44,45)(H,46,47,48). The van der Waals surface area contributed by atoms with Gasteiger partial charge in [-0.15, -0.1) is 0 Å². The highest BCUT2D eigenvalue weighted by atomic mass is 32.2. The molecule has 4 rings (SSSR count). The Balaban J connectivity index is 1.94. The van der Waals surface area contributed by atoms with Crippen molar-refractivity contribution >= 4 is 32.2 Å². The molecule has 2 heterocycles. The number of aliphatic carboxylic acids is 2. The van der Waals surface area contributed by atoms with Gasteiger partial charge in [-0.1, -0.05) is 12.1 Å². The van der Waals surface area contributed by atoms with E-state index in [4.69, 9.17) is 9.47 Å². The Morgan fingerprint density at radius 3 is 1.31 bits per heavy atom. The number of methoxy groups -OCH3 is 2. The number of pyridine rings is 2. The summed E-state index contributed by atoms with van der Waals surface area (Å²) in [6.45, 7) is -2.35. The monoisotopic (exact) mass is 762 g/mol. The molecule has 2 atom stereocenters. The number of hydrogen-bond acceptors (Lipinski definition) is 14. The van der Waals surface area contributed by atoms with Crippen LogP contribution in [-0.4, -0.2) is 118 Å². The molecule has 278 valence electrons. The van der Waals surface area contributed by atoms with Crippen molar-refractivity contribution in [3.05, 3.63) is 95.6 Å². The van der Waals surface area contributed by atoms with Crippen molar-refractivity contribution in [1.29, 1.82) is 0 Å². The zero-order valence-corrected chi connectivity index (χ0v) is 29.1. The van der Waals surface area contributed by atoms with Crippen molar-refractivity contribution in [2.75, 3.05) is 40.4 Å². The Labute approximate surface area is 297 Å². The highest BCUT2D eigenvalue weighted by Crippen LogP contribution is 2.42. The van der Waals surface area contributed by atoms with Crippen LogP contribution >= 0.6 is 0 Å². The quantitative estimate of drug-likeness (QED) is 0.0840. The highest BCUT2D eigenvalue weighted by molar-refractivity contribution is 7.86. The smallest absolute Gasteiger partial charge is 0.317 e. The molecule has 4 aromatic rings. The molecule has 6 N–H and O–H groups in total. The van der Waals surface area contributed by atoms with Crippen molar-refractivity contribution in [3.8, 4) is 23.0 Å². The van der Waals surface area contributed by atoms with Crippen LogP contribution < -0.4 is 9.47 Å². The van der Waals surface area contributed by atoms with Gasteiger partial charge in [-0.3, -0.25) is 38.5 Å². The van der Waals surface area contributed by atoms with Gasteiger partial charge in [0.05, 0.1) is 50.8 Å². The third-order valence-corrected chi connectivity index (χ3v) is 9.52. The summed E-state index contributed by atoms with van der Waals surface area (Å²) in [5, 5.41) is 42.5. The Bertz CT molecular complexity index is 1980. The van der Waals surface area contributed by atoms with Gasteiger partial charge in [0.2, 0.25) is 0 Å². The molecular formula is C32H34N4O14S2. The summed E-state index contributed by atoms with van der Waals surface area (Å²) in [7, 11) is -7.71. The Morgan fingerprint density at radius 2 is 1.04 bits per heavy atom. The molecule has 0 aliphatic heterocycles. The zero-order chi connectivity index (χ0) is 38.4. The molecule has 0 saturated heterocycles. The summed E-state index contributed by atoms with van der Waals surface area (Å²) in [6, 6.07) is 10.5. The second kappa shape index (κ2) is 16.3. The second-order valence-electron chi connectivity index (χ2n) is 11.1. The topological polar surface area (TPSA) is 275 Å². The third-order valence-electron chi connectivity index (χ3n) is 7.79. The van der Waals surface area contributed by atoms with Gasteiger partial charge in [-0.25, -0.2) is 0 Å². The minimum absolute atomic E-state index is 0.0999. The van der Waals surface area contributed by atoms with Gasteiger partial charge in [0.15, 0.2) is 0 Å². The van der Waals surface area contributed by atoms with Crippen molar-refractivity contribution in [2.45, 2.75) is 21.9 Å². The lowest BCUT2D eigenvalue weighted by Gasteiger charge is -2.36. The van der Waals surface area contributed by atoms with Crippen molar-refractivity contribution in [2.24, 2.45) is 0 Å². The zero-order valence-electron chi connectivity index (χ0n) is 27.5. The van der Waals surface area contributed by atoms with E-state index in [9.17, 15) is 56.0 Å². The van der Waals surface area contributed by atoms with E-state index >= 15 is 0 Å². The molecule has 0 spiro atoms. The Hall–Kier alpha value is -5.38. The number of carboxylic acid groups (broad SMARTS) is 2. The van der Waals surface area contributed by atoms with Crippen LogP contribution in [0.2, 0.25) is 0 Å². The van der Waals surface area contributed by atoms with E-state index in [1.807, 2.05) is 0 Å². The minimum Gasteiger partial charge on any atom is -0.506 e. The van der Waals surface area contributed by atoms with E-state index in [0.29, 0.717) is 0 Å². The SMILES string of the molecule is COc1cc(C(c2ccccn2)N(CCN(CC(=O)O)C(c2ccccn2)c2cc(OC)cc(S(=O)(=O)O)c2O)CC(=O)O)c(O)c(S(=O)(=O)O)c1. The number of aromatic hydroxyl groups is 2. The van der Waals surface area contributed by atoms with Crippen LogP contribution in [0.25, 0.3) is 0 Å². The third kappa shape index (κ3) is 9.29. The molecule has 0 fully saturated rings. The highest BCUT2D eigenvalue weighted by Gasteiger charge is 2.35. The predicted octanol–water partition coefficient (Wildman–Crippen LogP) is 2.05. The van der Waals surface area contributed by atoms with Gasteiger partial charge in [-0.05, 0) is 36.4 Å². The van der Waals surface area contributed by atoms with Crippen LogP contribution in [-0.2, 0) is 29.8 Å². The molecule has 2 aromatic heterocycles. The maximum atomic E-state index is 12.3. The van der Waals surface area contributed by atoms with Gasteiger partial charge < -0.3 is 29.9 Å². The molecule has 0 saturated carbocycles. The van der Waals surface area contributed by atoms with Gasteiger partial charge in [0, 0.05) is 48.7 Å². The summed E-state index contributed by atoms with van der Waals surface area (Å²) in [5.74, 6) is -4.95. The largest absolute Gasteiger partial charge is 0.506 e. The number of carboxylic acids is 2. The molecule has 0 aliphatic carbocycles. The molecule has 0 radical (unpaired) electrons. The average molecular weight is 763 g/mol. The first-order valence-electron chi connectivity index (χ1n) is 15.0. The summed E-state index contributed by atoms with van der Waals surface area (Å²) in [5.41, 5.74) is -0.298. The van der Waals surface area contributed by atoms with Crippen molar-refractivity contribution in [3.63, 3.8) is 0 Å². The van der Waals surface area contributed by atoms with Crippen LogP contribution in [0.5, 0.6) is 23.0 Å². The van der Waals surface area contributed by atoms with E-state index in [2.05, 4.69) is 9.97 Å². The number of aromatic nitrogens is 2. The first kappa shape index (κ1) is 39.4. The fourth-order valence-electron chi connectivity index (χ4n) is 5.62. The number of phenolic OH excluding ortho intramolecular Hbond substituents is 2. The summed E-state index contributed by atoms with van der Waals surface area (Å²) < 4.78 is 79.3. The lowest BCUT2D eigenvalue weighted by molar-refractivity contribution is -0.140. The van der Waals surface area contributed by atoms with Gasteiger partial charge in [-0.2, -0.15) is 16.8 Å². The number of ether oxygens (including phenoxy) is 2. The van der Waals surface area contributed by atoms with E-state index in [1.165, 1.54) is 60.7 Å². The molecule has 2 unspecified atom stereocenters. The van der Waals surface area contributed by atoms with E-state index in [1.54, 1.807) is 24.3 Å². The molecule has 0 bridgehead atoms. The van der Waals surface area contributed by atoms with Crippen LogP contribution in [0.15, 0.2) is 82.8 Å². The molecular weight excluding hydrogens is 729 g/mol. The Kier molecular flexibility index (Phi) is 12.4. The van der Waals surface area contributed by atoms with Gasteiger partial charge >= 0.3 is 11.9 Å². The Morgan fingerprint density at radius 1 is 0.673 bits per heavy atom. The maximum Gasteiger partial charge on any atom is 0.317 e. The number of rotatable bonds is 17.